The number of benzene rings is 1. The molecule has 2 saturated heterocycles. The minimum absolute atomic E-state index is 0.192. The van der Waals surface area contributed by atoms with Gasteiger partial charge < -0.3 is 0 Å². The molecule has 2 nitrogen and oxygen atoms in total. The van der Waals surface area contributed by atoms with Gasteiger partial charge in [0.05, 0.1) is 6.04 Å². The van der Waals surface area contributed by atoms with E-state index in [1.165, 1.54) is 12.0 Å². The predicted molar refractivity (Wildman–Crippen MR) is 77.0 cm³/mol. The highest BCUT2D eigenvalue weighted by Crippen LogP contribution is 2.41. The zero-order chi connectivity index (χ0) is 13.4. The molecule has 0 unspecified atom stereocenters. The number of likely N-dealkylation sites (N-methyl/N-ethyl adjacent to an activating group) is 1. The van der Waals surface area contributed by atoms with Gasteiger partial charge in [0.1, 0.15) is 0 Å². The van der Waals surface area contributed by atoms with Crippen molar-refractivity contribution in [2.75, 3.05) is 7.05 Å². The Morgan fingerprint density at radius 1 is 1.21 bits per heavy atom. The molecule has 0 aromatic heterocycles. The molecule has 2 aliphatic heterocycles. The summed E-state index contributed by atoms with van der Waals surface area (Å²) in [6.45, 7) is 2.26. The largest absolute Gasteiger partial charge is 0.298 e. The number of ketones is 1. The van der Waals surface area contributed by atoms with Crippen molar-refractivity contribution >= 4 is 5.78 Å². The van der Waals surface area contributed by atoms with Crippen LogP contribution in [0.5, 0.6) is 0 Å². The van der Waals surface area contributed by atoms with E-state index in [0.717, 1.165) is 25.2 Å². The Labute approximate surface area is 115 Å². The Morgan fingerprint density at radius 3 is 2.63 bits per heavy atom. The summed E-state index contributed by atoms with van der Waals surface area (Å²) in [6.07, 6.45) is 4.27. The van der Waals surface area contributed by atoms with E-state index in [1.54, 1.807) is 0 Å². The number of carbonyl (C=O) groups excluding carboxylic acids is 1. The fourth-order valence-electron chi connectivity index (χ4n) is 4.05. The van der Waals surface area contributed by atoms with Crippen molar-refractivity contribution in [3.05, 3.63) is 35.9 Å². The molecule has 2 bridgehead atoms. The molecular weight excluding hydrogens is 234 g/mol. The monoisotopic (exact) mass is 257 g/mol. The van der Waals surface area contributed by atoms with Crippen LogP contribution >= 0.6 is 0 Å². The summed E-state index contributed by atoms with van der Waals surface area (Å²) in [5, 5.41) is 0. The molecule has 2 aliphatic rings. The van der Waals surface area contributed by atoms with Gasteiger partial charge in [0.2, 0.25) is 0 Å². The smallest absolute Gasteiger partial charge is 0.153 e. The molecule has 0 radical (unpaired) electrons. The van der Waals surface area contributed by atoms with Crippen molar-refractivity contribution in [3.8, 4) is 0 Å². The summed E-state index contributed by atoms with van der Waals surface area (Å²) < 4.78 is 0. The number of carbonyl (C=O) groups is 1. The molecule has 3 rings (SSSR count). The van der Waals surface area contributed by atoms with Gasteiger partial charge in [0.15, 0.2) is 5.78 Å². The first-order chi connectivity index (χ1) is 9.20. The van der Waals surface area contributed by atoms with Crippen LogP contribution in [0.25, 0.3) is 0 Å². The molecule has 0 N–H and O–H groups in total. The third kappa shape index (κ3) is 2.23. The molecule has 102 valence electrons. The van der Waals surface area contributed by atoms with E-state index < -0.39 is 0 Å². The second kappa shape index (κ2) is 5.09. The normalized spacial score (nSPS) is 34.7. The van der Waals surface area contributed by atoms with Gasteiger partial charge >= 0.3 is 0 Å². The fraction of sp³-hybridized carbons (Fsp3) is 0.588. The highest BCUT2D eigenvalue weighted by Gasteiger charge is 2.48. The molecule has 0 amide bonds. The molecule has 2 fully saturated rings. The van der Waals surface area contributed by atoms with Crippen molar-refractivity contribution in [3.63, 3.8) is 0 Å². The summed E-state index contributed by atoms with van der Waals surface area (Å²) in [4.78, 5) is 15.0. The predicted octanol–water partition coefficient (Wildman–Crippen LogP) is 2.92. The van der Waals surface area contributed by atoms with Crippen LogP contribution < -0.4 is 0 Å². The molecule has 4 atom stereocenters. The lowest BCUT2D eigenvalue weighted by Gasteiger charge is -2.36. The Balaban J connectivity index is 1.77. The summed E-state index contributed by atoms with van der Waals surface area (Å²) in [5.74, 6) is 1.45. The number of nitrogens with zero attached hydrogens (tertiary/aromatic N) is 1. The highest BCUT2D eigenvalue weighted by atomic mass is 16.1. The van der Waals surface area contributed by atoms with Gasteiger partial charge in [-0.3, -0.25) is 9.69 Å². The SMILES string of the molecule is CC[C@H]1C[C@@H]2C(=O)[C@@H](Cc3ccccc3)C[C@H]1N2C. The summed E-state index contributed by atoms with van der Waals surface area (Å²) >= 11 is 0. The first-order valence-corrected chi connectivity index (χ1v) is 7.50. The number of Topliss-reactive ketones (excluding diaryl/α,β-unsaturated/α-hetero) is 1. The third-order valence-electron chi connectivity index (χ3n) is 5.19. The van der Waals surface area contributed by atoms with Gasteiger partial charge in [-0.25, -0.2) is 0 Å². The Bertz CT molecular complexity index is 456. The van der Waals surface area contributed by atoms with Crippen LogP contribution in [0.2, 0.25) is 0 Å². The first kappa shape index (κ1) is 12.9. The van der Waals surface area contributed by atoms with Crippen molar-refractivity contribution < 1.29 is 4.79 Å². The Morgan fingerprint density at radius 2 is 1.95 bits per heavy atom. The Kier molecular flexibility index (Phi) is 3.44. The second-order valence-electron chi connectivity index (χ2n) is 6.18. The molecule has 2 heterocycles. The van der Waals surface area contributed by atoms with Crippen LogP contribution in [0.1, 0.15) is 31.7 Å². The summed E-state index contributed by atoms with van der Waals surface area (Å²) in [7, 11) is 2.14. The van der Waals surface area contributed by atoms with Gasteiger partial charge in [-0.2, -0.15) is 0 Å². The number of hydrogen-bond donors (Lipinski definition) is 0. The van der Waals surface area contributed by atoms with Gasteiger partial charge in [0.25, 0.3) is 0 Å². The molecule has 19 heavy (non-hydrogen) atoms. The molecule has 2 heteroatoms. The molecule has 1 aromatic rings. The van der Waals surface area contributed by atoms with E-state index in [0.29, 0.717) is 11.8 Å². The minimum atomic E-state index is 0.192. The number of fused-ring (bicyclic) bond motifs is 2. The van der Waals surface area contributed by atoms with Crippen LogP contribution in [0, 0.1) is 11.8 Å². The van der Waals surface area contributed by atoms with E-state index in [-0.39, 0.29) is 12.0 Å². The van der Waals surface area contributed by atoms with Crippen LogP contribution in [-0.4, -0.2) is 29.8 Å². The standard InChI is InChI=1S/C17H23NO/c1-3-13-10-16-17(19)14(11-15(13)18(16)2)9-12-7-5-4-6-8-12/h4-8,13-16H,3,9-11H2,1-2H3/t13-,14-,15+,16+/m0/s1. The van der Waals surface area contributed by atoms with Gasteiger partial charge in [-0.15, -0.1) is 0 Å². The molecule has 1 aromatic carbocycles. The highest BCUT2D eigenvalue weighted by molar-refractivity contribution is 5.88. The van der Waals surface area contributed by atoms with Gasteiger partial charge in [0, 0.05) is 12.0 Å². The lowest BCUT2D eigenvalue weighted by Crippen LogP contribution is -2.48. The van der Waals surface area contributed by atoms with Crippen molar-refractivity contribution in [1.82, 2.24) is 4.90 Å². The quantitative estimate of drug-likeness (QED) is 0.830. The number of hydrogen-bond acceptors (Lipinski definition) is 2. The van der Waals surface area contributed by atoms with E-state index in [9.17, 15) is 4.79 Å². The number of piperidine rings is 1. The average molecular weight is 257 g/mol. The van der Waals surface area contributed by atoms with Crippen LogP contribution in [0.3, 0.4) is 0 Å². The van der Waals surface area contributed by atoms with Crippen molar-refractivity contribution in [2.24, 2.45) is 11.8 Å². The van der Waals surface area contributed by atoms with E-state index in [4.69, 9.17) is 0 Å². The molecule has 0 aliphatic carbocycles. The average Bonchev–Trinajstić information content (AvgIpc) is 2.66. The molecular formula is C17H23NO. The summed E-state index contributed by atoms with van der Waals surface area (Å²) in [6, 6.07) is 11.3. The lowest BCUT2D eigenvalue weighted by atomic mass is 9.84. The zero-order valence-electron chi connectivity index (χ0n) is 11.9. The molecule has 0 saturated carbocycles. The van der Waals surface area contributed by atoms with Gasteiger partial charge in [-0.05, 0) is 37.8 Å². The zero-order valence-corrected chi connectivity index (χ0v) is 11.9. The van der Waals surface area contributed by atoms with E-state index in [1.807, 2.05) is 6.07 Å². The third-order valence-corrected chi connectivity index (χ3v) is 5.19. The van der Waals surface area contributed by atoms with Crippen molar-refractivity contribution in [2.45, 2.75) is 44.7 Å². The maximum Gasteiger partial charge on any atom is 0.153 e. The maximum absolute atomic E-state index is 12.6. The second-order valence-corrected chi connectivity index (χ2v) is 6.18. The minimum Gasteiger partial charge on any atom is -0.298 e. The Hall–Kier alpha value is -1.15. The van der Waals surface area contributed by atoms with Crippen LogP contribution in [0.4, 0.5) is 0 Å². The van der Waals surface area contributed by atoms with Crippen molar-refractivity contribution in [1.29, 1.82) is 0 Å². The van der Waals surface area contributed by atoms with Gasteiger partial charge in [-0.1, -0.05) is 43.7 Å². The first-order valence-electron chi connectivity index (χ1n) is 7.50. The molecule has 0 spiro atoms. The maximum atomic E-state index is 12.6. The van der Waals surface area contributed by atoms with Crippen LogP contribution in [0.15, 0.2) is 30.3 Å². The lowest BCUT2D eigenvalue weighted by molar-refractivity contribution is -0.130. The van der Waals surface area contributed by atoms with E-state index >= 15 is 0 Å². The topological polar surface area (TPSA) is 20.3 Å². The van der Waals surface area contributed by atoms with E-state index in [2.05, 4.69) is 43.1 Å². The fourth-order valence-corrected chi connectivity index (χ4v) is 4.05. The number of rotatable bonds is 3. The van der Waals surface area contributed by atoms with Crippen LogP contribution in [-0.2, 0) is 11.2 Å². The summed E-state index contributed by atoms with van der Waals surface area (Å²) in [5.41, 5.74) is 1.30.